The Bertz CT molecular complexity index is 485. The molecule has 1 aliphatic rings. The number of carbonyl (C=O) groups is 1. The predicted octanol–water partition coefficient (Wildman–Crippen LogP) is 4.29. The van der Waals surface area contributed by atoms with Crippen LogP contribution in [-0.4, -0.2) is 17.1 Å². The van der Waals surface area contributed by atoms with E-state index in [2.05, 4.69) is 12.2 Å². The van der Waals surface area contributed by atoms with Crippen LogP contribution in [0.5, 0.6) is 0 Å². The lowest BCUT2D eigenvalue weighted by Gasteiger charge is -2.30. The Hall–Kier alpha value is -0.770. The molecule has 0 bridgehead atoms. The summed E-state index contributed by atoms with van der Waals surface area (Å²) in [5.41, 5.74) is 0.986. The van der Waals surface area contributed by atoms with Gasteiger partial charge in [0.05, 0.1) is 5.92 Å². The van der Waals surface area contributed by atoms with E-state index in [4.69, 9.17) is 28.3 Å². The lowest BCUT2D eigenvalue weighted by molar-refractivity contribution is -0.142. The molecule has 0 unspecified atom stereocenters. The Kier molecular flexibility index (Phi) is 5.30. The summed E-state index contributed by atoms with van der Waals surface area (Å²) in [5, 5.41) is 13.9. The van der Waals surface area contributed by atoms with Gasteiger partial charge in [-0.25, -0.2) is 0 Å². The monoisotopic (exact) mass is 315 g/mol. The van der Waals surface area contributed by atoms with E-state index >= 15 is 0 Å². The summed E-state index contributed by atoms with van der Waals surface area (Å²) in [6, 6.07) is 5.91. The van der Waals surface area contributed by atoms with Gasteiger partial charge in [0.1, 0.15) is 0 Å². The van der Waals surface area contributed by atoms with Crippen LogP contribution in [0.2, 0.25) is 10.0 Å². The van der Waals surface area contributed by atoms with Gasteiger partial charge in [0.2, 0.25) is 0 Å². The maximum atomic E-state index is 10.9. The molecule has 0 aromatic heterocycles. The average molecular weight is 316 g/mol. The fourth-order valence-corrected chi connectivity index (χ4v) is 3.26. The fourth-order valence-electron chi connectivity index (χ4n) is 2.80. The van der Waals surface area contributed by atoms with Gasteiger partial charge in [-0.05, 0) is 56.4 Å². The quantitative estimate of drug-likeness (QED) is 0.871. The van der Waals surface area contributed by atoms with Gasteiger partial charge >= 0.3 is 5.97 Å². The molecule has 0 saturated heterocycles. The van der Waals surface area contributed by atoms with Crippen molar-refractivity contribution >= 4 is 29.2 Å². The minimum atomic E-state index is -0.672. The molecule has 1 aromatic rings. The van der Waals surface area contributed by atoms with E-state index in [1.54, 1.807) is 12.1 Å². The van der Waals surface area contributed by atoms with Gasteiger partial charge in [-0.15, -0.1) is 0 Å². The fraction of sp³-hybridized carbons (Fsp3) is 0.533. The molecule has 1 atom stereocenters. The first-order valence-electron chi connectivity index (χ1n) is 6.91. The van der Waals surface area contributed by atoms with Crippen LogP contribution in [-0.2, 0) is 4.79 Å². The second-order valence-corrected chi connectivity index (χ2v) is 6.28. The standard InChI is InChI=1S/C15H19Cl2NO2/c1-9(13-8-11(16)4-7-14(13)17)18-12-5-2-10(3-6-12)15(19)20/h4,7-10,12,18H,2-3,5-6H2,1H3,(H,19,20)/t9-,10?,12?/m1/s1. The first-order chi connectivity index (χ1) is 9.47. The minimum absolute atomic E-state index is 0.104. The number of carboxylic acid groups (broad SMARTS) is 1. The third kappa shape index (κ3) is 3.87. The number of nitrogens with one attached hydrogen (secondary N) is 1. The molecule has 5 heteroatoms. The molecule has 20 heavy (non-hydrogen) atoms. The number of hydrogen-bond acceptors (Lipinski definition) is 2. The van der Waals surface area contributed by atoms with Crippen molar-refractivity contribution in [2.24, 2.45) is 5.92 Å². The molecule has 0 amide bonds. The van der Waals surface area contributed by atoms with Crippen LogP contribution < -0.4 is 5.32 Å². The van der Waals surface area contributed by atoms with E-state index in [9.17, 15) is 4.79 Å². The van der Waals surface area contributed by atoms with Gasteiger partial charge in [-0.2, -0.15) is 0 Å². The minimum Gasteiger partial charge on any atom is -0.481 e. The molecule has 1 aliphatic carbocycles. The number of aliphatic carboxylic acids is 1. The zero-order valence-corrected chi connectivity index (χ0v) is 12.9. The third-order valence-electron chi connectivity index (χ3n) is 3.99. The van der Waals surface area contributed by atoms with Crippen LogP contribution in [0.25, 0.3) is 0 Å². The summed E-state index contributed by atoms with van der Waals surface area (Å²) in [6.07, 6.45) is 3.25. The summed E-state index contributed by atoms with van der Waals surface area (Å²) in [4.78, 5) is 10.9. The molecule has 110 valence electrons. The topological polar surface area (TPSA) is 49.3 Å². The van der Waals surface area contributed by atoms with Gasteiger partial charge in [-0.3, -0.25) is 4.79 Å². The average Bonchev–Trinajstić information content (AvgIpc) is 2.42. The van der Waals surface area contributed by atoms with Crippen molar-refractivity contribution in [1.29, 1.82) is 0 Å². The zero-order chi connectivity index (χ0) is 14.7. The Morgan fingerprint density at radius 2 is 1.95 bits per heavy atom. The number of halogens is 2. The Morgan fingerprint density at radius 3 is 2.55 bits per heavy atom. The van der Waals surface area contributed by atoms with Crippen LogP contribution in [0.3, 0.4) is 0 Å². The maximum absolute atomic E-state index is 10.9. The van der Waals surface area contributed by atoms with E-state index in [-0.39, 0.29) is 12.0 Å². The normalized spacial score (nSPS) is 24.4. The largest absolute Gasteiger partial charge is 0.481 e. The van der Waals surface area contributed by atoms with Crippen molar-refractivity contribution in [2.75, 3.05) is 0 Å². The molecule has 2 N–H and O–H groups in total. The van der Waals surface area contributed by atoms with Crippen molar-refractivity contribution in [3.63, 3.8) is 0 Å². The molecule has 1 fully saturated rings. The third-order valence-corrected chi connectivity index (χ3v) is 4.57. The highest BCUT2D eigenvalue weighted by molar-refractivity contribution is 6.33. The molecule has 3 nitrogen and oxygen atoms in total. The number of hydrogen-bond donors (Lipinski definition) is 2. The molecular weight excluding hydrogens is 297 g/mol. The Morgan fingerprint density at radius 1 is 1.30 bits per heavy atom. The van der Waals surface area contributed by atoms with Crippen LogP contribution in [0.1, 0.15) is 44.2 Å². The van der Waals surface area contributed by atoms with Crippen LogP contribution in [0.15, 0.2) is 18.2 Å². The Balaban J connectivity index is 1.94. The number of rotatable bonds is 4. The molecule has 1 aromatic carbocycles. The van der Waals surface area contributed by atoms with E-state index in [0.717, 1.165) is 31.2 Å². The first kappa shape index (κ1) is 15.6. The molecule has 2 rings (SSSR count). The molecule has 1 saturated carbocycles. The number of benzene rings is 1. The van der Waals surface area contributed by atoms with Gasteiger partial charge in [0, 0.05) is 22.1 Å². The van der Waals surface area contributed by atoms with Crippen molar-refractivity contribution in [1.82, 2.24) is 5.32 Å². The van der Waals surface area contributed by atoms with Gasteiger partial charge in [0.15, 0.2) is 0 Å². The summed E-state index contributed by atoms with van der Waals surface area (Å²) >= 11 is 12.2. The molecule has 0 radical (unpaired) electrons. The maximum Gasteiger partial charge on any atom is 0.306 e. The lowest BCUT2D eigenvalue weighted by atomic mass is 9.85. The zero-order valence-electron chi connectivity index (χ0n) is 11.4. The predicted molar refractivity (Wildman–Crippen MR) is 81.4 cm³/mol. The van der Waals surface area contributed by atoms with E-state index < -0.39 is 5.97 Å². The van der Waals surface area contributed by atoms with E-state index in [1.807, 2.05) is 6.07 Å². The lowest BCUT2D eigenvalue weighted by Crippen LogP contribution is -2.36. The summed E-state index contributed by atoms with van der Waals surface area (Å²) in [6.45, 7) is 2.06. The molecule has 0 heterocycles. The second kappa shape index (κ2) is 6.79. The molecule has 0 spiro atoms. The summed E-state index contributed by atoms with van der Waals surface area (Å²) in [5.74, 6) is -0.854. The van der Waals surface area contributed by atoms with Crippen LogP contribution in [0, 0.1) is 5.92 Å². The van der Waals surface area contributed by atoms with Crippen LogP contribution in [0.4, 0.5) is 0 Å². The highest BCUT2D eigenvalue weighted by Crippen LogP contribution is 2.29. The summed E-state index contributed by atoms with van der Waals surface area (Å²) in [7, 11) is 0. The highest BCUT2D eigenvalue weighted by atomic mass is 35.5. The highest BCUT2D eigenvalue weighted by Gasteiger charge is 2.26. The number of carboxylic acids is 1. The summed E-state index contributed by atoms with van der Waals surface area (Å²) < 4.78 is 0. The van der Waals surface area contributed by atoms with Crippen molar-refractivity contribution in [2.45, 2.75) is 44.7 Å². The molecular formula is C15H19Cl2NO2. The van der Waals surface area contributed by atoms with Crippen molar-refractivity contribution in [3.8, 4) is 0 Å². The smallest absolute Gasteiger partial charge is 0.306 e. The van der Waals surface area contributed by atoms with Crippen molar-refractivity contribution in [3.05, 3.63) is 33.8 Å². The van der Waals surface area contributed by atoms with Gasteiger partial charge < -0.3 is 10.4 Å². The van der Waals surface area contributed by atoms with E-state index in [1.165, 1.54) is 0 Å². The van der Waals surface area contributed by atoms with Gasteiger partial charge in [-0.1, -0.05) is 23.2 Å². The second-order valence-electron chi connectivity index (χ2n) is 5.44. The van der Waals surface area contributed by atoms with E-state index in [0.29, 0.717) is 16.1 Å². The SMILES string of the molecule is C[C@@H](NC1CCC(C(=O)O)CC1)c1cc(Cl)ccc1Cl. The van der Waals surface area contributed by atoms with Gasteiger partial charge in [0.25, 0.3) is 0 Å². The molecule has 0 aliphatic heterocycles. The van der Waals surface area contributed by atoms with Crippen LogP contribution >= 0.6 is 23.2 Å². The first-order valence-corrected chi connectivity index (χ1v) is 7.66. The Labute approximate surface area is 129 Å². The van der Waals surface area contributed by atoms with Crippen molar-refractivity contribution < 1.29 is 9.90 Å².